The average molecular weight is 417 g/mol. The maximum atomic E-state index is 12.5. The summed E-state index contributed by atoms with van der Waals surface area (Å²) in [6.45, 7) is 5.89. The van der Waals surface area contributed by atoms with Gasteiger partial charge in [0.1, 0.15) is 0 Å². The van der Waals surface area contributed by atoms with Crippen molar-refractivity contribution in [1.29, 1.82) is 0 Å². The predicted molar refractivity (Wildman–Crippen MR) is 112 cm³/mol. The fraction of sp³-hybridized carbons (Fsp3) is 0.250. The molecule has 1 amide bonds. The highest BCUT2D eigenvalue weighted by Crippen LogP contribution is 2.25. The number of anilines is 1. The topological polar surface area (TPSA) is 110 Å². The molecule has 29 heavy (non-hydrogen) atoms. The number of carbonyl (C=O) groups excluding carboxylic acids is 1. The fourth-order valence-electron chi connectivity index (χ4n) is 2.77. The number of nitro groups is 1. The number of hydrogen-bond donors (Lipinski definition) is 1. The summed E-state index contributed by atoms with van der Waals surface area (Å²) in [6, 6.07) is 10.7. The summed E-state index contributed by atoms with van der Waals surface area (Å²) in [4.78, 5) is 22.8. The second-order valence-corrected chi connectivity index (χ2v) is 8.13. The third-order valence-corrected chi connectivity index (χ3v) is 6.47. The summed E-state index contributed by atoms with van der Waals surface area (Å²) >= 11 is 0. The van der Waals surface area contributed by atoms with Crippen molar-refractivity contribution < 1.29 is 18.1 Å². The number of amides is 1. The van der Waals surface area contributed by atoms with Gasteiger partial charge in [0.2, 0.25) is 15.9 Å². The van der Waals surface area contributed by atoms with Gasteiger partial charge >= 0.3 is 0 Å². The minimum absolute atomic E-state index is 0.0724. The molecular formula is C20H23N3O5S. The second kappa shape index (κ2) is 9.44. The van der Waals surface area contributed by atoms with Crippen LogP contribution in [0.2, 0.25) is 0 Å². The van der Waals surface area contributed by atoms with Crippen molar-refractivity contribution in [2.75, 3.05) is 18.4 Å². The third kappa shape index (κ3) is 5.27. The van der Waals surface area contributed by atoms with Crippen LogP contribution in [0.15, 0.2) is 53.4 Å². The first-order valence-electron chi connectivity index (χ1n) is 9.04. The van der Waals surface area contributed by atoms with E-state index in [2.05, 4.69) is 5.32 Å². The molecule has 0 heterocycles. The summed E-state index contributed by atoms with van der Waals surface area (Å²) in [7, 11) is -3.53. The summed E-state index contributed by atoms with van der Waals surface area (Å²) < 4.78 is 26.3. The number of rotatable bonds is 8. The number of nitro benzene ring substituents is 1. The maximum absolute atomic E-state index is 12.5. The summed E-state index contributed by atoms with van der Waals surface area (Å²) in [5.74, 6) is -0.451. The van der Waals surface area contributed by atoms with E-state index in [4.69, 9.17) is 0 Å². The van der Waals surface area contributed by atoms with Gasteiger partial charge in [-0.3, -0.25) is 14.9 Å². The van der Waals surface area contributed by atoms with Crippen LogP contribution in [0.4, 0.5) is 11.4 Å². The zero-order valence-corrected chi connectivity index (χ0v) is 17.3. The van der Waals surface area contributed by atoms with E-state index >= 15 is 0 Å². The van der Waals surface area contributed by atoms with Crippen LogP contribution in [0.5, 0.6) is 0 Å². The van der Waals surface area contributed by atoms with Crippen LogP contribution in [0.25, 0.3) is 6.08 Å². The molecule has 154 valence electrons. The Morgan fingerprint density at radius 1 is 1.14 bits per heavy atom. The number of nitrogens with one attached hydrogen (secondary N) is 1. The predicted octanol–water partition coefficient (Wildman–Crippen LogP) is 3.59. The Hall–Kier alpha value is -3.04. The molecule has 2 aromatic carbocycles. The molecule has 0 aromatic heterocycles. The van der Waals surface area contributed by atoms with E-state index in [1.165, 1.54) is 40.7 Å². The number of nitrogens with zero attached hydrogens (tertiary/aromatic N) is 2. The largest absolute Gasteiger partial charge is 0.322 e. The van der Waals surface area contributed by atoms with Gasteiger partial charge in [-0.05, 0) is 36.8 Å². The molecular weight excluding hydrogens is 394 g/mol. The van der Waals surface area contributed by atoms with Gasteiger partial charge in [-0.15, -0.1) is 0 Å². The van der Waals surface area contributed by atoms with Crippen LogP contribution in [-0.2, 0) is 14.8 Å². The monoisotopic (exact) mass is 417 g/mol. The SMILES string of the molecule is CCN(CC)S(=O)(=O)c1ccc(/C=C/C(=O)Nc2cccc([N+](=O)[O-])c2C)cc1. The Labute approximate surface area is 170 Å². The molecule has 0 fully saturated rings. The van der Waals surface area contributed by atoms with Crippen LogP contribution in [-0.4, -0.2) is 36.6 Å². The molecule has 0 saturated carbocycles. The van der Waals surface area contributed by atoms with Crippen molar-refractivity contribution in [2.24, 2.45) is 0 Å². The molecule has 8 nitrogen and oxygen atoms in total. The van der Waals surface area contributed by atoms with Crippen molar-refractivity contribution in [1.82, 2.24) is 4.31 Å². The van der Waals surface area contributed by atoms with Crippen LogP contribution < -0.4 is 5.32 Å². The first-order chi connectivity index (χ1) is 13.7. The Bertz CT molecular complexity index is 1030. The van der Waals surface area contributed by atoms with Crippen molar-refractivity contribution in [2.45, 2.75) is 25.7 Å². The van der Waals surface area contributed by atoms with Crippen LogP contribution >= 0.6 is 0 Å². The van der Waals surface area contributed by atoms with E-state index in [1.807, 2.05) is 0 Å². The summed E-state index contributed by atoms with van der Waals surface area (Å²) in [5.41, 5.74) is 1.30. The molecule has 0 aliphatic carbocycles. The van der Waals surface area contributed by atoms with Gasteiger partial charge in [-0.1, -0.05) is 32.0 Å². The quantitative estimate of drug-likeness (QED) is 0.401. The molecule has 0 aliphatic rings. The Kier molecular flexibility index (Phi) is 7.24. The molecule has 0 atom stereocenters. The van der Waals surface area contributed by atoms with Gasteiger partial charge < -0.3 is 5.32 Å². The molecule has 2 aromatic rings. The lowest BCUT2D eigenvalue weighted by molar-refractivity contribution is -0.385. The highest BCUT2D eigenvalue weighted by molar-refractivity contribution is 7.89. The molecule has 1 N–H and O–H groups in total. The van der Waals surface area contributed by atoms with Gasteiger partial charge in [0.05, 0.1) is 21.1 Å². The second-order valence-electron chi connectivity index (χ2n) is 6.19. The number of benzene rings is 2. The fourth-order valence-corrected chi connectivity index (χ4v) is 4.22. The first-order valence-corrected chi connectivity index (χ1v) is 10.5. The van der Waals surface area contributed by atoms with E-state index in [-0.39, 0.29) is 10.6 Å². The minimum atomic E-state index is -3.53. The van der Waals surface area contributed by atoms with Crippen molar-refractivity contribution in [3.63, 3.8) is 0 Å². The van der Waals surface area contributed by atoms with Gasteiger partial charge in [0.15, 0.2) is 0 Å². The van der Waals surface area contributed by atoms with Gasteiger partial charge in [-0.2, -0.15) is 4.31 Å². The number of hydrogen-bond acceptors (Lipinski definition) is 5. The summed E-state index contributed by atoms with van der Waals surface area (Å²) in [5, 5.41) is 13.6. The molecule has 0 bridgehead atoms. The maximum Gasteiger partial charge on any atom is 0.274 e. The van der Waals surface area contributed by atoms with Crippen LogP contribution in [0.3, 0.4) is 0 Å². The highest BCUT2D eigenvalue weighted by atomic mass is 32.2. The zero-order valence-electron chi connectivity index (χ0n) is 16.5. The standard InChI is InChI=1S/C20H23N3O5S/c1-4-22(5-2)29(27,28)17-12-9-16(10-13-17)11-14-20(24)21-18-7-6-8-19(15(18)3)23(25)26/h6-14H,4-5H2,1-3H3,(H,21,24)/b14-11+. The van der Waals surface area contributed by atoms with E-state index < -0.39 is 20.9 Å². The van der Waals surface area contributed by atoms with E-state index in [9.17, 15) is 23.3 Å². The molecule has 0 saturated heterocycles. The normalized spacial score (nSPS) is 11.7. The third-order valence-electron chi connectivity index (χ3n) is 4.41. The minimum Gasteiger partial charge on any atom is -0.322 e. The van der Waals surface area contributed by atoms with Crippen molar-refractivity contribution in [3.8, 4) is 0 Å². The zero-order chi connectivity index (χ0) is 21.6. The van der Waals surface area contributed by atoms with E-state index in [1.54, 1.807) is 39.0 Å². The Morgan fingerprint density at radius 2 is 1.76 bits per heavy atom. The van der Waals surface area contributed by atoms with E-state index in [0.717, 1.165) is 0 Å². The van der Waals surface area contributed by atoms with Crippen molar-refractivity contribution in [3.05, 3.63) is 69.8 Å². The van der Waals surface area contributed by atoms with Crippen LogP contribution in [0.1, 0.15) is 25.0 Å². The molecule has 0 spiro atoms. The lowest BCUT2D eigenvalue weighted by Crippen LogP contribution is -2.30. The average Bonchev–Trinajstić information content (AvgIpc) is 2.69. The van der Waals surface area contributed by atoms with Gasteiger partial charge in [0.25, 0.3) is 5.69 Å². The van der Waals surface area contributed by atoms with Gasteiger partial charge in [-0.25, -0.2) is 8.42 Å². The van der Waals surface area contributed by atoms with Gasteiger partial charge in [0, 0.05) is 25.2 Å². The lowest BCUT2D eigenvalue weighted by Gasteiger charge is -2.18. The first kappa shape index (κ1) is 22.3. The molecule has 0 unspecified atom stereocenters. The van der Waals surface area contributed by atoms with Crippen LogP contribution in [0, 0.1) is 17.0 Å². The van der Waals surface area contributed by atoms with E-state index in [0.29, 0.717) is 29.9 Å². The lowest BCUT2D eigenvalue weighted by atomic mass is 10.1. The molecule has 2 rings (SSSR count). The molecule has 9 heteroatoms. The molecule has 0 radical (unpaired) electrons. The molecule has 0 aliphatic heterocycles. The van der Waals surface area contributed by atoms with Crippen molar-refractivity contribution >= 4 is 33.4 Å². The highest BCUT2D eigenvalue weighted by Gasteiger charge is 2.21. The summed E-state index contributed by atoms with van der Waals surface area (Å²) in [6.07, 6.45) is 2.82. The smallest absolute Gasteiger partial charge is 0.274 e. The number of carbonyl (C=O) groups is 1. The number of sulfonamides is 1. The Balaban J connectivity index is 2.12. The Morgan fingerprint density at radius 3 is 2.31 bits per heavy atom.